The maximum atomic E-state index is 11.6. The molecule has 20 heavy (non-hydrogen) atoms. The monoisotopic (exact) mass is 282 g/mol. The van der Waals surface area contributed by atoms with Crippen molar-refractivity contribution in [2.24, 2.45) is 5.41 Å². The Morgan fingerprint density at radius 2 is 2.20 bits per heavy atom. The van der Waals surface area contributed by atoms with Crippen LogP contribution in [0.3, 0.4) is 0 Å². The number of aromatic nitrogens is 4. The van der Waals surface area contributed by atoms with Gasteiger partial charge in [-0.1, -0.05) is 13.8 Å². The van der Waals surface area contributed by atoms with Crippen molar-refractivity contribution in [3.63, 3.8) is 0 Å². The van der Waals surface area contributed by atoms with Gasteiger partial charge in [0.25, 0.3) is 0 Å². The van der Waals surface area contributed by atoms with E-state index in [0.717, 1.165) is 12.2 Å². The molecule has 2 rings (SSSR count). The fraction of sp³-hybridized carbons (Fsp3) is 0.846. The molecule has 1 aliphatic heterocycles. The number of aliphatic carboxylic acids is 1. The first-order valence-electron chi connectivity index (χ1n) is 7.15. The molecule has 0 radical (unpaired) electrons. The van der Waals surface area contributed by atoms with Gasteiger partial charge in [-0.2, -0.15) is 0 Å². The second kappa shape index (κ2) is 5.87. The Balaban J connectivity index is 2.26. The Morgan fingerprint density at radius 3 is 2.70 bits per heavy atom. The van der Waals surface area contributed by atoms with Crippen LogP contribution >= 0.6 is 0 Å². The number of hydrogen-bond acceptors (Lipinski definition) is 5. The van der Waals surface area contributed by atoms with E-state index in [0.29, 0.717) is 26.0 Å². The summed E-state index contributed by atoms with van der Waals surface area (Å²) in [5, 5.41) is 21.3. The Bertz CT molecular complexity index is 470. The van der Waals surface area contributed by atoms with Crippen LogP contribution in [0.2, 0.25) is 0 Å². The minimum Gasteiger partial charge on any atom is -0.481 e. The smallest absolute Gasteiger partial charge is 0.311 e. The average Bonchev–Trinajstić information content (AvgIpc) is 3.04. The number of hydrogen-bond donors (Lipinski definition) is 1. The summed E-state index contributed by atoms with van der Waals surface area (Å²) in [4.78, 5) is 11.6. The fourth-order valence-electron chi connectivity index (χ4n) is 2.79. The molecule has 0 saturated carbocycles. The molecule has 7 heteroatoms. The summed E-state index contributed by atoms with van der Waals surface area (Å²) in [6, 6.07) is 0. The van der Waals surface area contributed by atoms with E-state index in [4.69, 9.17) is 4.74 Å². The number of tetrazole rings is 1. The second-order valence-corrected chi connectivity index (χ2v) is 5.46. The van der Waals surface area contributed by atoms with Gasteiger partial charge in [0, 0.05) is 12.5 Å². The van der Waals surface area contributed by atoms with Crippen LogP contribution in [0.5, 0.6) is 0 Å². The molecule has 1 aromatic rings. The van der Waals surface area contributed by atoms with Crippen molar-refractivity contribution in [3.8, 4) is 0 Å². The van der Waals surface area contributed by atoms with E-state index < -0.39 is 11.4 Å². The molecule has 1 N–H and O–H groups in total. The summed E-state index contributed by atoms with van der Waals surface area (Å²) in [6.45, 7) is 6.79. The van der Waals surface area contributed by atoms with E-state index in [-0.39, 0.29) is 12.0 Å². The van der Waals surface area contributed by atoms with Crippen LogP contribution in [0.4, 0.5) is 0 Å². The Labute approximate surface area is 118 Å². The average molecular weight is 282 g/mol. The van der Waals surface area contributed by atoms with Crippen molar-refractivity contribution < 1.29 is 14.6 Å². The molecular weight excluding hydrogens is 260 g/mol. The Morgan fingerprint density at radius 1 is 1.50 bits per heavy atom. The van der Waals surface area contributed by atoms with Gasteiger partial charge >= 0.3 is 5.97 Å². The van der Waals surface area contributed by atoms with E-state index >= 15 is 0 Å². The number of carboxylic acids is 1. The highest BCUT2D eigenvalue weighted by molar-refractivity contribution is 5.74. The molecule has 7 nitrogen and oxygen atoms in total. The molecule has 2 unspecified atom stereocenters. The molecular formula is C13H22N4O3. The molecule has 1 aromatic heterocycles. The van der Waals surface area contributed by atoms with Crippen LogP contribution in [-0.2, 0) is 16.1 Å². The maximum absolute atomic E-state index is 11.6. The molecule has 0 aliphatic carbocycles. The molecule has 2 atom stereocenters. The van der Waals surface area contributed by atoms with Crippen LogP contribution < -0.4 is 0 Å². The minimum absolute atomic E-state index is 0.0715. The summed E-state index contributed by atoms with van der Waals surface area (Å²) in [5.41, 5.74) is -0.813. The van der Waals surface area contributed by atoms with Gasteiger partial charge in [-0.25, -0.2) is 4.68 Å². The van der Waals surface area contributed by atoms with E-state index in [1.165, 1.54) is 0 Å². The molecule has 0 spiro atoms. The SMILES string of the molecule is CCC(CC)(Cn1nnnc1C1CCOC1C)C(=O)O. The standard InChI is InChI=1S/C13H22N4O3/c1-4-13(5-2,12(18)19)8-17-11(14-15-16-17)10-6-7-20-9(10)3/h9-10H,4-8H2,1-3H3,(H,18,19). The van der Waals surface area contributed by atoms with Gasteiger partial charge in [-0.15, -0.1) is 5.10 Å². The second-order valence-electron chi connectivity index (χ2n) is 5.46. The normalized spacial score (nSPS) is 23.1. The van der Waals surface area contributed by atoms with Crippen molar-refractivity contribution in [1.82, 2.24) is 20.2 Å². The molecule has 1 fully saturated rings. The summed E-state index contributed by atoms with van der Waals surface area (Å²) in [5.74, 6) is 0.0902. The quantitative estimate of drug-likeness (QED) is 0.849. The minimum atomic E-state index is -0.813. The number of carbonyl (C=O) groups is 1. The van der Waals surface area contributed by atoms with Crippen LogP contribution in [0.25, 0.3) is 0 Å². The molecule has 112 valence electrons. The molecule has 0 aromatic carbocycles. The van der Waals surface area contributed by atoms with Gasteiger partial charge in [0.1, 0.15) is 0 Å². The van der Waals surface area contributed by atoms with Crippen molar-refractivity contribution in [2.75, 3.05) is 6.61 Å². The van der Waals surface area contributed by atoms with Crippen LogP contribution in [0, 0.1) is 5.41 Å². The first-order valence-corrected chi connectivity index (χ1v) is 7.15. The van der Waals surface area contributed by atoms with Crippen molar-refractivity contribution in [3.05, 3.63) is 5.82 Å². The number of nitrogens with zero attached hydrogens (tertiary/aromatic N) is 4. The molecule has 1 aliphatic rings. The number of ether oxygens (including phenoxy) is 1. The highest BCUT2D eigenvalue weighted by atomic mass is 16.5. The van der Waals surface area contributed by atoms with Crippen LogP contribution in [0.15, 0.2) is 0 Å². The van der Waals surface area contributed by atoms with Crippen molar-refractivity contribution in [2.45, 2.75) is 58.6 Å². The lowest BCUT2D eigenvalue weighted by Gasteiger charge is -2.27. The summed E-state index contributed by atoms with van der Waals surface area (Å²) >= 11 is 0. The van der Waals surface area contributed by atoms with Gasteiger partial charge in [0.05, 0.1) is 18.1 Å². The lowest BCUT2D eigenvalue weighted by Crippen LogP contribution is -2.36. The number of carboxylic acid groups (broad SMARTS) is 1. The van der Waals surface area contributed by atoms with E-state index in [1.54, 1.807) is 4.68 Å². The van der Waals surface area contributed by atoms with E-state index in [1.807, 2.05) is 20.8 Å². The molecule has 1 saturated heterocycles. The third kappa shape index (κ3) is 2.54. The first kappa shape index (κ1) is 14.9. The third-order valence-electron chi connectivity index (χ3n) is 4.53. The Hall–Kier alpha value is -1.50. The maximum Gasteiger partial charge on any atom is 0.311 e. The van der Waals surface area contributed by atoms with Crippen LogP contribution in [-0.4, -0.2) is 44.0 Å². The molecule has 2 heterocycles. The zero-order valence-corrected chi connectivity index (χ0v) is 12.2. The van der Waals surface area contributed by atoms with Gasteiger partial charge in [-0.05, 0) is 36.6 Å². The largest absolute Gasteiger partial charge is 0.481 e. The number of rotatable bonds is 6. The topological polar surface area (TPSA) is 90.1 Å². The van der Waals surface area contributed by atoms with Gasteiger partial charge in [0.15, 0.2) is 5.82 Å². The van der Waals surface area contributed by atoms with Crippen LogP contribution in [0.1, 0.15) is 51.8 Å². The predicted molar refractivity (Wildman–Crippen MR) is 71.2 cm³/mol. The van der Waals surface area contributed by atoms with E-state index in [2.05, 4.69) is 15.5 Å². The first-order chi connectivity index (χ1) is 9.54. The molecule has 0 bridgehead atoms. The third-order valence-corrected chi connectivity index (χ3v) is 4.53. The lowest BCUT2D eigenvalue weighted by molar-refractivity contribution is -0.150. The summed E-state index contributed by atoms with van der Waals surface area (Å²) in [7, 11) is 0. The molecule has 0 amide bonds. The van der Waals surface area contributed by atoms with Gasteiger partial charge in [-0.3, -0.25) is 4.79 Å². The highest BCUT2D eigenvalue weighted by Gasteiger charge is 2.38. The zero-order valence-electron chi connectivity index (χ0n) is 12.2. The predicted octanol–water partition coefficient (Wildman–Crippen LogP) is 1.46. The van der Waals surface area contributed by atoms with E-state index in [9.17, 15) is 9.90 Å². The Kier molecular flexibility index (Phi) is 4.37. The summed E-state index contributed by atoms with van der Waals surface area (Å²) in [6.07, 6.45) is 2.05. The highest BCUT2D eigenvalue weighted by Crippen LogP contribution is 2.33. The summed E-state index contributed by atoms with van der Waals surface area (Å²) < 4.78 is 7.20. The zero-order chi connectivity index (χ0) is 14.8. The lowest BCUT2D eigenvalue weighted by atomic mass is 9.82. The van der Waals surface area contributed by atoms with Crippen molar-refractivity contribution in [1.29, 1.82) is 0 Å². The van der Waals surface area contributed by atoms with Gasteiger partial charge < -0.3 is 9.84 Å². The fourth-order valence-corrected chi connectivity index (χ4v) is 2.79. The van der Waals surface area contributed by atoms with Crippen molar-refractivity contribution >= 4 is 5.97 Å². The van der Waals surface area contributed by atoms with Gasteiger partial charge in [0.2, 0.25) is 0 Å².